The van der Waals surface area contributed by atoms with Crippen molar-refractivity contribution in [1.29, 1.82) is 0 Å². The van der Waals surface area contributed by atoms with Gasteiger partial charge in [-0.2, -0.15) is 5.10 Å². The van der Waals surface area contributed by atoms with Gasteiger partial charge in [0, 0.05) is 26.2 Å². The molecule has 118 valence electrons. The summed E-state index contributed by atoms with van der Waals surface area (Å²) in [4.78, 5) is 14.3. The third-order valence-electron chi connectivity index (χ3n) is 4.50. The fourth-order valence-electron chi connectivity index (χ4n) is 2.76. The molecule has 2 rings (SSSR count). The summed E-state index contributed by atoms with van der Waals surface area (Å²) >= 11 is 0. The SMILES string of the molecule is Cc1nn(C)c(C)c1CCC(=O)N(C)C(C)c1ccccc1. The Hall–Kier alpha value is -2.10. The van der Waals surface area contributed by atoms with E-state index in [1.807, 2.05) is 48.8 Å². The molecule has 0 radical (unpaired) electrons. The summed E-state index contributed by atoms with van der Waals surface area (Å²) in [5, 5.41) is 4.41. The molecule has 4 heteroatoms. The van der Waals surface area contributed by atoms with E-state index in [0.717, 1.165) is 23.4 Å². The quantitative estimate of drug-likeness (QED) is 0.850. The molecule has 1 amide bonds. The van der Waals surface area contributed by atoms with Gasteiger partial charge >= 0.3 is 0 Å². The maximum atomic E-state index is 12.5. The average molecular weight is 299 g/mol. The Morgan fingerprint density at radius 3 is 2.45 bits per heavy atom. The Kier molecular flexibility index (Phi) is 5.01. The summed E-state index contributed by atoms with van der Waals surface area (Å²) in [6, 6.07) is 10.2. The highest BCUT2D eigenvalue weighted by Gasteiger charge is 2.18. The predicted octanol–water partition coefficient (Wildman–Crippen LogP) is 3.19. The van der Waals surface area contributed by atoms with Crippen molar-refractivity contribution in [2.45, 2.75) is 39.7 Å². The van der Waals surface area contributed by atoms with Gasteiger partial charge in [0.15, 0.2) is 0 Å². The van der Waals surface area contributed by atoms with Gasteiger partial charge in [-0.1, -0.05) is 30.3 Å². The highest BCUT2D eigenvalue weighted by molar-refractivity contribution is 5.76. The van der Waals surface area contributed by atoms with Crippen molar-refractivity contribution in [1.82, 2.24) is 14.7 Å². The van der Waals surface area contributed by atoms with Crippen LogP contribution in [0.1, 0.15) is 41.9 Å². The molecule has 0 aliphatic heterocycles. The predicted molar refractivity (Wildman–Crippen MR) is 88.6 cm³/mol. The van der Waals surface area contributed by atoms with E-state index in [1.165, 1.54) is 5.56 Å². The van der Waals surface area contributed by atoms with Gasteiger partial charge in [-0.25, -0.2) is 0 Å². The van der Waals surface area contributed by atoms with Crippen LogP contribution in [0.5, 0.6) is 0 Å². The smallest absolute Gasteiger partial charge is 0.223 e. The maximum absolute atomic E-state index is 12.5. The molecular formula is C18H25N3O. The number of hydrogen-bond acceptors (Lipinski definition) is 2. The van der Waals surface area contributed by atoms with Crippen LogP contribution in [0, 0.1) is 13.8 Å². The fraction of sp³-hybridized carbons (Fsp3) is 0.444. The molecule has 0 spiro atoms. The zero-order valence-corrected chi connectivity index (χ0v) is 14.1. The van der Waals surface area contributed by atoms with Gasteiger partial charge in [-0.3, -0.25) is 9.48 Å². The van der Waals surface area contributed by atoms with Crippen LogP contribution in [0.25, 0.3) is 0 Å². The molecule has 1 aromatic heterocycles. The number of aryl methyl sites for hydroxylation is 2. The molecule has 0 saturated heterocycles. The molecule has 22 heavy (non-hydrogen) atoms. The minimum Gasteiger partial charge on any atom is -0.339 e. The summed E-state index contributed by atoms with van der Waals surface area (Å²) in [5.74, 6) is 0.166. The molecule has 0 saturated carbocycles. The molecule has 0 fully saturated rings. The second-order valence-corrected chi connectivity index (χ2v) is 5.86. The van der Waals surface area contributed by atoms with Crippen LogP contribution >= 0.6 is 0 Å². The van der Waals surface area contributed by atoms with Crippen LogP contribution < -0.4 is 0 Å². The molecule has 4 nitrogen and oxygen atoms in total. The van der Waals surface area contributed by atoms with E-state index < -0.39 is 0 Å². The molecular weight excluding hydrogens is 274 g/mol. The summed E-state index contributed by atoms with van der Waals surface area (Å²) < 4.78 is 1.88. The van der Waals surface area contributed by atoms with Crippen molar-refractivity contribution in [2.24, 2.45) is 7.05 Å². The van der Waals surface area contributed by atoms with E-state index in [-0.39, 0.29) is 11.9 Å². The molecule has 2 aromatic rings. The van der Waals surface area contributed by atoms with Crippen LogP contribution in [-0.2, 0) is 18.3 Å². The van der Waals surface area contributed by atoms with Crippen LogP contribution in [0.2, 0.25) is 0 Å². The van der Waals surface area contributed by atoms with Gasteiger partial charge < -0.3 is 4.90 Å². The number of carbonyl (C=O) groups is 1. The monoisotopic (exact) mass is 299 g/mol. The van der Waals surface area contributed by atoms with Crippen LogP contribution in [-0.4, -0.2) is 27.6 Å². The normalized spacial score (nSPS) is 12.2. The molecule has 0 bridgehead atoms. The number of nitrogens with zero attached hydrogens (tertiary/aromatic N) is 3. The lowest BCUT2D eigenvalue weighted by Crippen LogP contribution is -2.29. The minimum atomic E-state index is 0.0878. The second-order valence-electron chi connectivity index (χ2n) is 5.86. The Morgan fingerprint density at radius 2 is 1.91 bits per heavy atom. The van der Waals surface area contributed by atoms with E-state index in [4.69, 9.17) is 0 Å². The first-order valence-electron chi connectivity index (χ1n) is 7.71. The third kappa shape index (κ3) is 3.38. The molecule has 0 aliphatic rings. The van der Waals surface area contributed by atoms with Gasteiger partial charge in [-0.05, 0) is 38.3 Å². The number of carbonyl (C=O) groups excluding carboxylic acids is 1. The number of hydrogen-bond donors (Lipinski definition) is 0. The average Bonchev–Trinajstić information content (AvgIpc) is 2.77. The van der Waals surface area contributed by atoms with E-state index in [2.05, 4.69) is 31.1 Å². The fourth-order valence-corrected chi connectivity index (χ4v) is 2.76. The van der Waals surface area contributed by atoms with E-state index in [9.17, 15) is 4.79 Å². The Balaban J connectivity index is 2.00. The number of benzene rings is 1. The van der Waals surface area contributed by atoms with E-state index >= 15 is 0 Å². The number of amides is 1. The van der Waals surface area contributed by atoms with Gasteiger partial charge in [-0.15, -0.1) is 0 Å². The first-order chi connectivity index (χ1) is 10.4. The standard InChI is InChI=1S/C18H25N3O/c1-13-17(15(3)21(5)19-13)11-12-18(22)20(4)14(2)16-9-7-6-8-10-16/h6-10,14H,11-12H2,1-5H3. The zero-order valence-electron chi connectivity index (χ0n) is 14.1. The van der Waals surface area contributed by atoms with Gasteiger partial charge in [0.2, 0.25) is 5.91 Å². The van der Waals surface area contributed by atoms with Crippen molar-refractivity contribution >= 4 is 5.91 Å². The summed E-state index contributed by atoms with van der Waals surface area (Å²) in [6.45, 7) is 6.12. The van der Waals surface area contributed by atoms with E-state index in [0.29, 0.717) is 6.42 Å². The first-order valence-corrected chi connectivity index (χ1v) is 7.71. The largest absolute Gasteiger partial charge is 0.339 e. The van der Waals surface area contributed by atoms with Crippen molar-refractivity contribution in [2.75, 3.05) is 7.05 Å². The highest BCUT2D eigenvalue weighted by Crippen LogP contribution is 2.20. The van der Waals surface area contributed by atoms with E-state index in [1.54, 1.807) is 0 Å². The lowest BCUT2D eigenvalue weighted by Gasteiger charge is -2.25. The third-order valence-corrected chi connectivity index (χ3v) is 4.50. The Labute approximate surface area is 132 Å². The van der Waals surface area contributed by atoms with Gasteiger partial charge in [0.25, 0.3) is 0 Å². The van der Waals surface area contributed by atoms with Crippen molar-refractivity contribution in [3.63, 3.8) is 0 Å². The lowest BCUT2D eigenvalue weighted by atomic mass is 10.0. The van der Waals surface area contributed by atoms with Gasteiger partial charge in [0.1, 0.15) is 0 Å². The molecule has 1 unspecified atom stereocenters. The molecule has 1 atom stereocenters. The summed E-state index contributed by atoms with van der Waals surface area (Å²) in [7, 11) is 3.82. The zero-order chi connectivity index (χ0) is 16.3. The summed E-state index contributed by atoms with van der Waals surface area (Å²) in [6.07, 6.45) is 1.26. The first kappa shape index (κ1) is 16.3. The topological polar surface area (TPSA) is 38.1 Å². The maximum Gasteiger partial charge on any atom is 0.223 e. The second kappa shape index (κ2) is 6.77. The molecule has 1 aromatic carbocycles. The van der Waals surface area contributed by atoms with Crippen LogP contribution in [0.4, 0.5) is 0 Å². The molecule has 0 aliphatic carbocycles. The van der Waals surface area contributed by atoms with Gasteiger partial charge in [0.05, 0.1) is 11.7 Å². The minimum absolute atomic E-state index is 0.0878. The van der Waals surface area contributed by atoms with Crippen molar-refractivity contribution in [3.8, 4) is 0 Å². The highest BCUT2D eigenvalue weighted by atomic mass is 16.2. The Morgan fingerprint density at radius 1 is 1.27 bits per heavy atom. The number of aromatic nitrogens is 2. The molecule has 0 N–H and O–H groups in total. The van der Waals surface area contributed by atoms with Crippen molar-refractivity contribution < 1.29 is 4.79 Å². The van der Waals surface area contributed by atoms with Crippen molar-refractivity contribution in [3.05, 3.63) is 52.8 Å². The van der Waals surface area contributed by atoms with Crippen LogP contribution in [0.15, 0.2) is 30.3 Å². The molecule has 1 heterocycles. The lowest BCUT2D eigenvalue weighted by molar-refractivity contribution is -0.131. The van der Waals surface area contributed by atoms with Crippen LogP contribution in [0.3, 0.4) is 0 Å². The summed E-state index contributed by atoms with van der Waals surface area (Å²) in [5.41, 5.74) is 4.51. The Bertz CT molecular complexity index is 646. The number of rotatable bonds is 5.